The van der Waals surface area contributed by atoms with Crippen LogP contribution in [0.25, 0.3) is 0 Å². The van der Waals surface area contributed by atoms with Crippen LogP contribution in [0.15, 0.2) is 17.4 Å². The average molecular weight is 306 g/mol. The lowest BCUT2D eigenvalue weighted by Gasteiger charge is -2.00. The molecule has 1 rings (SSSR count). The van der Waals surface area contributed by atoms with Crippen LogP contribution in [0.3, 0.4) is 0 Å². The molecule has 0 amide bonds. The van der Waals surface area contributed by atoms with Crippen LogP contribution in [0.2, 0.25) is 0 Å². The summed E-state index contributed by atoms with van der Waals surface area (Å²) in [7, 11) is 0. The molecule has 0 saturated heterocycles. The van der Waals surface area contributed by atoms with Gasteiger partial charge in [0.2, 0.25) is 5.88 Å². The van der Waals surface area contributed by atoms with Crippen molar-refractivity contribution >= 4 is 34.4 Å². The second-order valence-electron chi connectivity index (χ2n) is 1.94. The van der Waals surface area contributed by atoms with Crippen LogP contribution in [-0.4, -0.2) is 22.8 Å². The van der Waals surface area contributed by atoms with Gasteiger partial charge in [-0.2, -0.15) is 4.98 Å². The maximum absolute atomic E-state index is 5.25. The predicted octanol–water partition coefficient (Wildman–Crippen LogP) is 1.97. The molecule has 0 spiro atoms. The Morgan fingerprint density at radius 1 is 1.69 bits per heavy atom. The van der Waals surface area contributed by atoms with Gasteiger partial charge < -0.3 is 4.74 Å². The van der Waals surface area contributed by atoms with Gasteiger partial charge in [-0.1, -0.05) is 17.7 Å². The Morgan fingerprint density at radius 2 is 2.54 bits per heavy atom. The highest BCUT2D eigenvalue weighted by Gasteiger charge is 1.96. The Morgan fingerprint density at radius 3 is 3.23 bits per heavy atom. The standard InChI is InChI=1S/C8H7IN2OS/c1-13-8-10-5-3-7(11-8)12-6-2-4-9/h3,5H,6H2,1H3. The Labute approximate surface area is 94.8 Å². The molecule has 0 aliphatic carbocycles. The molecule has 1 heterocycles. The first-order valence-electron chi connectivity index (χ1n) is 3.45. The van der Waals surface area contributed by atoms with Crippen molar-refractivity contribution in [2.24, 2.45) is 0 Å². The Hall–Kier alpha value is -0.480. The quantitative estimate of drug-likeness (QED) is 0.370. The van der Waals surface area contributed by atoms with Crippen molar-refractivity contribution in [3.63, 3.8) is 0 Å². The second-order valence-corrected chi connectivity index (χ2v) is 3.25. The number of hydrogen-bond acceptors (Lipinski definition) is 4. The fourth-order valence-electron chi connectivity index (χ4n) is 0.641. The first-order valence-corrected chi connectivity index (χ1v) is 5.75. The molecule has 0 aliphatic rings. The van der Waals surface area contributed by atoms with Gasteiger partial charge in [0, 0.05) is 34.9 Å². The van der Waals surface area contributed by atoms with Gasteiger partial charge in [0.25, 0.3) is 0 Å². The van der Waals surface area contributed by atoms with Gasteiger partial charge in [-0.15, -0.1) is 0 Å². The van der Waals surface area contributed by atoms with E-state index in [1.54, 1.807) is 12.3 Å². The van der Waals surface area contributed by atoms with Gasteiger partial charge in [0.15, 0.2) is 11.8 Å². The summed E-state index contributed by atoms with van der Waals surface area (Å²) in [5, 5.41) is 0.708. The van der Waals surface area contributed by atoms with E-state index in [0.717, 1.165) is 0 Å². The maximum atomic E-state index is 5.25. The van der Waals surface area contributed by atoms with Gasteiger partial charge in [-0.25, -0.2) is 4.98 Å². The third-order valence-electron chi connectivity index (χ3n) is 1.15. The minimum absolute atomic E-state index is 0.369. The molecular weight excluding hydrogens is 299 g/mol. The van der Waals surface area contributed by atoms with Crippen molar-refractivity contribution in [1.29, 1.82) is 0 Å². The molecule has 0 saturated carbocycles. The van der Waals surface area contributed by atoms with Crippen LogP contribution < -0.4 is 4.74 Å². The fourth-order valence-corrected chi connectivity index (χ4v) is 1.14. The highest BCUT2D eigenvalue weighted by molar-refractivity contribution is 14.1. The summed E-state index contributed by atoms with van der Waals surface area (Å²) < 4.78 is 7.96. The first kappa shape index (κ1) is 10.6. The number of ether oxygens (including phenoxy) is 1. The zero-order valence-corrected chi connectivity index (χ0v) is 9.92. The molecule has 0 unspecified atom stereocenters. The molecule has 3 nitrogen and oxygen atoms in total. The third kappa shape index (κ3) is 3.83. The zero-order chi connectivity index (χ0) is 9.52. The topological polar surface area (TPSA) is 35.0 Å². The molecule has 0 bridgehead atoms. The van der Waals surface area contributed by atoms with Crippen LogP contribution in [0, 0.1) is 9.85 Å². The molecule has 5 heteroatoms. The number of thioether (sulfide) groups is 1. The summed E-state index contributed by atoms with van der Waals surface area (Å²) in [5.74, 6) is 3.35. The second kappa shape index (κ2) is 6.05. The van der Waals surface area contributed by atoms with E-state index in [1.807, 2.05) is 28.8 Å². The van der Waals surface area contributed by atoms with Crippen molar-refractivity contribution in [2.75, 3.05) is 12.9 Å². The summed E-state index contributed by atoms with van der Waals surface area (Å²) in [4.78, 5) is 8.14. The molecule has 0 radical (unpaired) electrons. The van der Waals surface area contributed by atoms with E-state index in [1.165, 1.54) is 11.8 Å². The van der Waals surface area contributed by atoms with E-state index < -0.39 is 0 Å². The summed E-state index contributed by atoms with van der Waals surface area (Å²) in [6.45, 7) is 0.369. The molecule has 0 aromatic carbocycles. The highest BCUT2D eigenvalue weighted by atomic mass is 127. The Bertz CT molecular complexity index is 334. The Kier molecular flexibility index (Phi) is 4.93. The molecule has 0 N–H and O–H groups in total. The molecule has 0 atom stereocenters. The lowest BCUT2D eigenvalue weighted by Crippen LogP contribution is -1.97. The van der Waals surface area contributed by atoms with Crippen LogP contribution >= 0.6 is 34.4 Å². The summed E-state index contributed by atoms with van der Waals surface area (Å²) in [6, 6.07) is 1.72. The maximum Gasteiger partial charge on any atom is 0.218 e. The normalized spacial score (nSPS) is 8.77. The number of hydrogen-bond donors (Lipinski definition) is 0. The first-order chi connectivity index (χ1) is 6.36. The van der Waals surface area contributed by atoms with Gasteiger partial charge in [-0.3, -0.25) is 0 Å². The van der Waals surface area contributed by atoms with Crippen molar-refractivity contribution in [1.82, 2.24) is 9.97 Å². The lowest BCUT2D eigenvalue weighted by molar-refractivity contribution is 0.351. The van der Waals surface area contributed by atoms with Gasteiger partial charge in [0.1, 0.15) is 0 Å². The minimum Gasteiger partial charge on any atom is -0.464 e. The van der Waals surface area contributed by atoms with Crippen LogP contribution in [0.1, 0.15) is 0 Å². The molecular formula is C8H7IN2OS. The Balaban J connectivity index is 2.59. The number of halogens is 1. The van der Waals surface area contributed by atoms with E-state index in [0.29, 0.717) is 17.6 Å². The summed E-state index contributed by atoms with van der Waals surface area (Å²) in [6.07, 6.45) is 3.59. The van der Waals surface area contributed by atoms with Crippen molar-refractivity contribution < 1.29 is 4.74 Å². The van der Waals surface area contributed by atoms with Gasteiger partial charge in [0.05, 0.1) is 0 Å². The van der Waals surface area contributed by atoms with E-state index in [-0.39, 0.29) is 0 Å². The average Bonchev–Trinajstić information content (AvgIpc) is 2.19. The molecule has 1 aromatic heterocycles. The van der Waals surface area contributed by atoms with E-state index >= 15 is 0 Å². The van der Waals surface area contributed by atoms with Crippen molar-refractivity contribution in [3.8, 4) is 15.7 Å². The smallest absolute Gasteiger partial charge is 0.218 e. The summed E-state index contributed by atoms with van der Waals surface area (Å²) in [5.41, 5.74) is 0. The van der Waals surface area contributed by atoms with E-state index in [4.69, 9.17) is 4.74 Å². The molecule has 0 aliphatic heterocycles. The molecule has 68 valence electrons. The van der Waals surface area contributed by atoms with Crippen molar-refractivity contribution in [3.05, 3.63) is 12.3 Å². The van der Waals surface area contributed by atoms with Gasteiger partial charge in [-0.05, 0) is 10.2 Å². The number of rotatable bonds is 3. The third-order valence-corrected chi connectivity index (χ3v) is 2.09. The predicted molar refractivity (Wildman–Crippen MR) is 61.1 cm³/mol. The zero-order valence-electron chi connectivity index (χ0n) is 6.95. The number of aromatic nitrogens is 2. The number of nitrogens with zero attached hydrogens (tertiary/aromatic N) is 2. The molecule has 0 fully saturated rings. The fraction of sp³-hybridized carbons (Fsp3) is 0.250. The van der Waals surface area contributed by atoms with E-state index in [9.17, 15) is 0 Å². The van der Waals surface area contributed by atoms with Crippen LogP contribution in [0.5, 0.6) is 5.88 Å². The highest BCUT2D eigenvalue weighted by Crippen LogP contribution is 2.11. The molecule has 1 aromatic rings. The van der Waals surface area contributed by atoms with Gasteiger partial charge >= 0.3 is 0 Å². The summed E-state index contributed by atoms with van der Waals surface area (Å²) >= 11 is 3.45. The largest absolute Gasteiger partial charge is 0.464 e. The lowest BCUT2D eigenvalue weighted by atomic mass is 10.6. The SMILES string of the molecule is CSc1nccc(OCC#CI)n1. The van der Waals surface area contributed by atoms with E-state index in [2.05, 4.69) is 19.8 Å². The monoisotopic (exact) mass is 306 g/mol. The molecule has 13 heavy (non-hydrogen) atoms. The van der Waals surface area contributed by atoms with Crippen molar-refractivity contribution in [2.45, 2.75) is 5.16 Å². The van der Waals surface area contributed by atoms with Crippen LogP contribution in [-0.2, 0) is 0 Å². The van der Waals surface area contributed by atoms with Crippen LogP contribution in [0.4, 0.5) is 0 Å². The minimum atomic E-state index is 0.369.